The molecule has 0 amide bonds. The van der Waals surface area contributed by atoms with Gasteiger partial charge in [-0.1, -0.05) is 20.8 Å². The number of thiazole rings is 1. The molecule has 0 bridgehead atoms. The first-order valence-corrected chi connectivity index (χ1v) is 6.84. The van der Waals surface area contributed by atoms with E-state index in [1.165, 1.54) is 0 Å². The quantitative estimate of drug-likeness (QED) is 0.892. The minimum absolute atomic E-state index is 0.0656. The fraction of sp³-hybridized carbons (Fsp3) is 0.615. The van der Waals surface area contributed by atoms with Crippen LogP contribution in [0.2, 0.25) is 0 Å². The normalized spacial score (nSPS) is 13.2. The van der Waals surface area contributed by atoms with Gasteiger partial charge in [0.25, 0.3) is 0 Å². The summed E-state index contributed by atoms with van der Waals surface area (Å²) in [5, 5.41) is 5.65. The van der Waals surface area contributed by atoms with Crippen molar-refractivity contribution in [3.63, 3.8) is 0 Å². The molecule has 0 aliphatic carbocycles. The number of aromatic nitrogens is 2. The van der Waals surface area contributed by atoms with Crippen molar-refractivity contribution < 1.29 is 0 Å². The van der Waals surface area contributed by atoms with Gasteiger partial charge in [0.15, 0.2) is 4.96 Å². The molecule has 0 atom stereocenters. The van der Waals surface area contributed by atoms with E-state index >= 15 is 0 Å². The molecule has 0 unspecified atom stereocenters. The fourth-order valence-corrected chi connectivity index (χ4v) is 3.23. The molecule has 1 N–H and O–H groups in total. The van der Waals surface area contributed by atoms with Crippen LogP contribution in [0.3, 0.4) is 0 Å². The molecule has 4 heteroatoms. The molecule has 2 aromatic heterocycles. The number of fused-ring (bicyclic) bond motifs is 1. The molecule has 0 radical (unpaired) electrons. The summed E-state index contributed by atoms with van der Waals surface area (Å²) in [4.78, 5) is 5.42. The van der Waals surface area contributed by atoms with Gasteiger partial charge in [-0.05, 0) is 25.7 Å². The third kappa shape index (κ3) is 3.00. The molecule has 2 heterocycles. The lowest BCUT2D eigenvalue weighted by molar-refractivity contribution is 0.302. The Morgan fingerprint density at radius 2 is 2.00 bits per heavy atom. The van der Waals surface area contributed by atoms with E-state index < -0.39 is 0 Å². The summed E-state index contributed by atoms with van der Waals surface area (Å²) in [6.45, 7) is 11.3. The van der Waals surface area contributed by atoms with Crippen molar-refractivity contribution in [3.05, 3.63) is 17.8 Å². The average molecular weight is 251 g/mol. The first-order chi connectivity index (χ1) is 7.77. The van der Waals surface area contributed by atoms with Gasteiger partial charge in [-0.3, -0.25) is 4.40 Å². The van der Waals surface area contributed by atoms with Gasteiger partial charge in [-0.15, -0.1) is 11.3 Å². The van der Waals surface area contributed by atoms with Crippen LogP contribution in [0.4, 0.5) is 5.82 Å². The molecule has 94 valence electrons. The molecule has 2 rings (SSSR count). The lowest BCUT2D eigenvalue weighted by atomic mass is 9.82. The summed E-state index contributed by atoms with van der Waals surface area (Å²) in [6, 6.07) is 0. The highest BCUT2D eigenvalue weighted by atomic mass is 32.1. The van der Waals surface area contributed by atoms with E-state index in [1.807, 2.05) is 6.20 Å². The third-order valence-corrected chi connectivity index (χ3v) is 3.36. The molecular weight excluding hydrogens is 230 g/mol. The van der Waals surface area contributed by atoms with Crippen LogP contribution in [0, 0.1) is 5.41 Å². The molecule has 0 aromatic carbocycles. The molecule has 0 spiro atoms. The maximum Gasteiger partial charge on any atom is 0.195 e. The van der Waals surface area contributed by atoms with Crippen molar-refractivity contribution in [1.29, 1.82) is 0 Å². The predicted octanol–water partition coefficient (Wildman–Crippen LogP) is 4.02. The molecule has 0 aliphatic rings. The largest absolute Gasteiger partial charge is 0.365 e. The van der Waals surface area contributed by atoms with E-state index in [1.54, 1.807) is 11.3 Å². The number of nitrogens with zero attached hydrogens (tertiary/aromatic N) is 2. The Kier molecular flexibility index (Phi) is 2.94. The van der Waals surface area contributed by atoms with Crippen LogP contribution in [0.5, 0.6) is 0 Å². The second-order valence-electron chi connectivity index (χ2n) is 6.45. The van der Waals surface area contributed by atoms with Gasteiger partial charge in [0.1, 0.15) is 5.82 Å². The fourth-order valence-electron chi connectivity index (χ4n) is 2.54. The topological polar surface area (TPSA) is 29.3 Å². The van der Waals surface area contributed by atoms with Crippen molar-refractivity contribution in [2.24, 2.45) is 5.41 Å². The van der Waals surface area contributed by atoms with E-state index in [4.69, 9.17) is 0 Å². The Morgan fingerprint density at radius 3 is 2.65 bits per heavy atom. The summed E-state index contributed by atoms with van der Waals surface area (Å²) in [5.74, 6) is 1.08. The van der Waals surface area contributed by atoms with Gasteiger partial charge in [-0.25, -0.2) is 4.98 Å². The van der Waals surface area contributed by atoms with E-state index in [2.05, 4.69) is 60.9 Å². The van der Waals surface area contributed by atoms with Crippen LogP contribution >= 0.6 is 11.3 Å². The van der Waals surface area contributed by atoms with Gasteiger partial charge in [0.05, 0.1) is 6.20 Å². The zero-order valence-electron chi connectivity index (χ0n) is 11.2. The van der Waals surface area contributed by atoms with Crippen LogP contribution in [-0.4, -0.2) is 14.9 Å². The lowest BCUT2D eigenvalue weighted by Gasteiger charge is -2.33. The third-order valence-electron chi connectivity index (χ3n) is 2.59. The van der Waals surface area contributed by atoms with Crippen molar-refractivity contribution in [1.82, 2.24) is 9.38 Å². The van der Waals surface area contributed by atoms with Crippen molar-refractivity contribution in [3.8, 4) is 0 Å². The Morgan fingerprint density at radius 1 is 1.29 bits per heavy atom. The summed E-state index contributed by atoms with van der Waals surface area (Å²) in [6.07, 6.45) is 5.08. The van der Waals surface area contributed by atoms with E-state index in [9.17, 15) is 0 Å². The van der Waals surface area contributed by atoms with Crippen molar-refractivity contribution in [2.45, 2.75) is 46.6 Å². The number of nitrogens with one attached hydrogen (secondary N) is 1. The standard InChI is InChI=1S/C13H21N3S/c1-12(2,3)9-13(4,5)15-10-8-14-11-16(10)6-7-17-11/h6-8,15H,9H2,1-5H3. The number of hydrogen-bond acceptors (Lipinski definition) is 3. The minimum Gasteiger partial charge on any atom is -0.365 e. The monoisotopic (exact) mass is 251 g/mol. The molecule has 0 aliphatic heterocycles. The van der Waals surface area contributed by atoms with Gasteiger partial charge in [0.2, 0.25) is 0 Å². The van der Waals surface area contributed by atoms with Crippen LogP contribution < -0.4 is 5.32 Å². The molecule has 2 aromatic rings. The lowest BCUT2D eigenvalue weighted by Crippen LogP contribution is -2.35. The Balaban J connectivity index is 2.18. The molecule has 0 fully saturated rings. The first-order valence-electron chi connectivity index (χ1n) is 5.96. The minimum atomic E-state index is 0.0656. The van der Waals surface area contributed by atoms with Crippen LogP contribution in [-0.2, 0) is 0 Å². The molecule has 0 saturated heterocycles. The van der Waals surface area contributed by atoms with Crippen molar-refractivity contribution in [2.75, 3.05) is 5.32 Å². The van der Waals surface area contributed by atoms with Gasteiger partial charge in [0, 0.05) is 17.1 Å². The van der Waals surface area contributed by atoms with Gasteiger partial charge in [-0.2, -0.15) is 0 Å². The first kappa shape index (κ1) is 12.4. The SMILES string of the molecule is CC(C)(C)CC(C)(C)Nc1cnc2sccn12. The second kappa shape index (κ2) is 4.02. The predicted molar refractivity (Wildman–Crippen MR) is 74.8 cm³/mol. The average Bonchev–Trinajstić information content (AvgIpc) is 2.64. The van der Waals surface area contributed by atoms with Crippen LogP contribution in [0.1, 0.15) is 41.0 Å². The molecule has 17 heavy (non-hydrogen) atoms. The van der Waals surface area contributed by atoms with E-state index in [0.29, 0.717) is 5.41 Å². The van der Waals surface area contributed by atoms with Crippen LogP contribution in [0.15, 0.2) is 17.8 Å². The Labute approximate surface area is 107 Å². The number of hydrogen-bond donors (Lipinski definition) is 1. The van der Waals surface area contributed by atoms with Crippen molar-refractivity contribution >= 4 is 22.1 Å². The summed E-state index contributed by atoms with van der Waals surface area (Å²) >= 11 is 1.66. The Bertz CT molecular complexity index is 502. The number of rotatable bonds is 3. The van der Waals surface area contributed by atoms with E-state index in [-0.39, 0.29) is 5.54 Å². The maximum atomic E-state index is 4.38. The molecular formula is C13H21N3S. The highest BCUT2D eigenvalue weighted by molar-refractivity contribution is 7.15. The van der Waals surface area contributed by atoms with Gasteiger partial charge < -0.3 is 5.32 Å². The maximum absolute atomic E-state index is 4.38. The molecule has 0 saturated carbocycles. The highest BCUT2D eigenvalue weighted by Gasteiger charge is 2.26. The number of imidazole rings is 1. The van der Waals surface area contributed by atoms with Gasteiger partial charge >= 0.3 is 0 Å². The zero-order valence-corrected chi connectivity index (χ0v) is 12.1. The molecule has 3 nitrogen and oxygen atoms in total. The Hall–Kier alpha value is -1.03. The highest BCUT2D eigenvalue weighted by Crippen LogP contribution is 2.30. The smallest absolute Gasteiger partial charge is 0.195 e. The number of anilines is 1. The van der Waals surface area contributed by atoms with Crippen LogP contribution in [0.25, 0.3) is 4.96 Å². The van der Waals surface area contributed by atoms with E-state index in [0.717, 1.165) is 17.2 Å². The summed E-state index contributed by atoms with van der Waals surface area (Å²) < 4.78 is 2.11. The summed E-state index contributed by atoms with van der Waals surface area (Å²) in [5.41, 5.74) is 0.380. The second-order valence-corrected chi connectivity index (χ2v) is 7.32. The summed E-state index contributed by atoms with van der Waals surface area (Å²) in [7, 11) is 0. The zero-order chi connectivity index (χ0) is 12.7.